The van der Waals surface area contributed by atoms with Crippen molar-refractivity contribution in [1.29, 1.82) is 0 Å². The van der Waals surface area contributed by atoms with Crippen molar-refractivity contribution >= 4 is 11.3 Å². The van der Waals surface area contributed by atoms with Gasteiger partial charge in [-0.3, -0.25) is 0 Å². The molecule has 10 heteroatoms. The van der Waals surface area contributed by atoms with E-state index in [1.807, 2.05) is 0 Å². The van der Waals surface area contributed by atoms with Gasteiger partial charge in [0.05, 0.1) is 24.8 Å². The van der Waals surface area contributed by atoms with Crippen molar-refractivity contribution < 1.29 is 28.1 Å². The first-order valence-corrected chi connectivity index (χ1v) is 7.46. The third-order valence-electron chi connectivity index (χ3n) is 3.95. The molecule has 0 atom stereocenters. The van der Waals surface area contributed by atoms with Crippen molar-refractivity contribution in [3.05, 3.63) is 29.0 Å². The number of phenols is 1. The number of alkyl halides is 3. The number of fused-ring (bicyclic) bond motifs is 1. The van der Waals surface area contributed by atoms with Crippen LogP contribution in [0.1, 0.15) is 16.8 Å². The van der Waals surface area contributed by atoms with Crippen LogP contribution in [0.5, 0.6) is 11.6 Å². The van der Waals surface area contributed by atoms with Crippen molar-refractivity contribution in [2.75, 3.05) is 7.11 Å². The molecule has 0 radical (unpaired) electrons. The summed E-state index contributed by atoms with van der Waals surface area (Å²) in [4.78, 5) is 12.6. The number of rotatable bonds is 3. The van der Waals surface area contributed by atoms with Crippen LogP contribution in [0.3, 0.4) is 0 Å². The molecule has 0 aliphatic rings. The molecule has 3 rings (SSSR count). The molecule has 138 valence electrons. The molecule has 0 saturated heterocycles. The molecule has 0 aliphatic heterocycles. The minimum Gasteiger partial charge on any atom is -0.507 e. The van der Waals surface area contributed by atoms with Gasteiger partial charge in [-0.05, 0) is 24.6 Å². The molecule has 2 heterocycles. The number of hydrogen-bond acceptors (Lipinski definition) is 6. The number of benzene rings is 1. The van der Waals surface area contributed by atoms with Crippen LogP contribution < -0.4 is 4.74 Å². The largest absolute Gasteiger partial charge is 0.507 e. The summed E-state index contributed by atoms with van der Waals surface area (Å²) >= 11 is 0. The second-order valence-electron chi connectivity index (χ2n) is 5.66. The van der Waals surface area contributed by atoms with E-state index in [1.165, 1.54) is 18.6 Å². The monoisotopic (exact) mass is 368 g/mol. The molecule has 2 aromatic heterocycles. The molecule has 3 aromatic rings. The number of methoxy groups -OCH3 is 1. The van der Waals surface area contributed by atoms with Gasteiger partial charge in [-0.1, -0.05) is 0 Å². The lowest BCUT2D eigenvalue weighted by atomic mass is 10.0. The van der Waals surface area contributed by atoms with E-state index < -0.39 is 24.1 Å². The van der Waals surface area contributed by atoms with E-state index in [4.69, 9.17) is 4.74 Å². The van der Waals surface area contributed by atoms with Gasteiger partial charge in [0.1, 0.15) is 17.3 Å². The van der Waals surface area contributed by atoms with Crippen molar-refractivity contribution in [1.82, 2.24) is 19.5 Å². The number of aryl methyl sites for hydroxylation is 2. The van der Waals surface area contributed by atoms with E-state index in [1.54, 1.807) is 7.05 Å². The van der Waals surface area contributed by atoms with Gasteiger partial charge in [-0.15, -0.1) is 0 Å². The molecule has 0 saturated carbocycles. The summed E-state index contributed by atoms with van der Waals surface area (Å²) in [7, 11) is 2.95. The average molecular weight is 368 g/mol. The Hall–Kier alpha value is -2.88. The summed E-state index contributed by atoms with van der Waals surface area (Å²) in [6, 6.07) is 1.59. The number of hydrogen-bond donors (Lipinski definition) is 2. The molecule has 0 amide bonds. The molecule has 0 unspecified atom stereocenters. The third-order valence-corrected chi connectivity index (χ3v) is 3.95. The van der Waals surface area contributed by atoms with Crippen LogP contribution in [-0.4, -0.2) is 36.8 Å². The second kappa shape index (κ2) is 6.13. The van der Waals surface area contributed by atoms with Crippen LogP contribution in [0.25, 0.3) is 22.7 Å². The molecular formula is C16H15F3N4O3. The van der Waals surface area contributed by atoms with Gasteiger partial charge >= 0.3 is 6.18 Å². The molecule has 1 aromatic carbocycles. The molecule has 0 bridgehead atoms. The Morgan fingerprint density at radius 1 is 1.19 bits per heavy atom. The first kappa shape index (κ1) is 17.9. The van der Waals surface area contributed by atoms with E-state index in [9.17, 15) is 23.4 Å². The minimum absolute atomic E-state index is 0.0954. The summed E-state index contributed by atoms with van der Waals surface area (Å²) in [5.41, 5.74) is 0.0621. The standard InChI is InChI=1S/C16H15F3N4O3/c1-7-4-8(16(17,18)19)5-10(25)11(7)13-21-12-14(23(13)2)20-9(6-24)15(22-12)26-3/h4-5,24-25H,6H2,1-3H3. The highest BCUT2D eigenvalue weighted by atomic mass is 19.4. The Labute approximate surface area is 145 Å². The predicted octanol–water partition coefficient (Wildman–Crippen LogP) is 2.56. The van der Waals surface area contributed by atoms with Crippen LogP contribution in [0, 0.1) is 6.92 Å². The van der Waals surface area contributed by atoms with Gasteiger partial charge in [0.15, 0.2) is 5.65 Å². The van der Waals surface area contributed by atoms with Crippen LogP contribution in [0.15, 0.2) is 12.1 Å². The maximum atomic E-state index is 12.9. The lowest BCUT2D eigenvalue weighted by Crippen LogP contribution is -2.06. The fourth-order valence-electron chi connectivity index (χ4n) is 2.73. The number of halogens is 3. The van der Waals surface area contributed by atoms with Crippen molar-refractivity contribution in [2.45, 2.75) is 19.7 Å². The van der Waals surface area contributed by atoms with E-state index >= 15 is 0 Å². The summed E-state index contributed by atoms with van der Waals surface area (Å²) in [6.45, 7) is 1.04. The quantitative estimate of drug-likeness (QED) is 0.738. The minimum atomic E-state index is -4.57. The number of phenolic OH excluding ortho intramolecular Hbond substituents is 1. The smallest absolute Gasteiger partial charge is 0.416 e. The van der Waals surface area contributed by atoms with Gasteiger partial charge in [0, 0.05) is 7.05 Å². The van der Waals surface area contributed by atoms with E-state index in [2.05, 4.69) is 15.0 Å². The molecule has 0 spiro atoms. The number of aliphatic hydroxyl groups excluding tert-OH is 1. The van der Waals surface area contributed by atoms with Crippen LogP contribution >= 0.6 is 0 Å². The second-order valence-corrected chi connectivity index (χ2v) is 5.66. The Kier molecular flexibility index (Phi) is 4.23. The number of imidazole rings is 1. The van der Waals surface area contributed by atoms with Crippen LogP contribution in [-0.2, 0) is 19.8 Å². The fourth-order valence-corrected chi connectivity index (χ4v) is 2.73. The van der Waals surface area contributed by atoms with E-state index in [-0.39, 0.29) is 34.2 Å². The molecule has 7 nitrogen and oxygen atoms in total. The molecule has 0 aliphatic carbocycles. The molecular weight excluding hydrogens is 353 g/mol. The lowest BCUT2D eigenvalue weighted by molar-refractivity contribution is -0.137. The Morgan fingerprint density at radius 3 is 2.42 bits per heavy atom. The predicted molar refractivity (Wildman–Crippen MR) is 85.6 cm³/mol. The Balaban J connectivity index is 2.25. The van der Waals surface area contributed by atoms with Gasteiger partial charge in [-0.25, -0.2) is 9.97 Å². The number of aromatic nitrogens is 4. The Morgan fingerprint density at radius 2 is 1.88 bits per heavy atom. The molecule has 26 heavy (non-hydrogen) atoms. The van der Waals surface area contributed by atoms with Crippen LogP contribution in [0.2, 0.25) is 0 Å². The van der Waals surface area contributed by atoms with E-state index in [0.29, 0.717) is 11.7 Å². The number of nitrogens with zero attached hydrogens (tertiary/aromatic N) is 4. The number of aliphatic hydroxyl groups is 1. The SMILES string of the molecule is COc1nc2nc(-c3c(C)cc(C(F)(F)F)cc3O)n(C)c2nc1CO. The zero-order valence-corrected chi connectivity index (χ0v) is 14.1. The zero-order chi connectivity index (χ0) is 19.2. The topological polar surface area (TPSA) is 93.3 Å². The van der Waals surface area contributed by atoms with Crippen molar-refractivity contribution in [2.24, 2.45) is 7.05 Å². The van der Waals surface area contributed by atoms with Gasteiger partial charge in [0.25, 0.3) is 0 Å². The van der Waals surface area contributed by atoms with Gasteiger partial charge in [-0.2, -0.15) is 18.2 Å². The Bertz CT molecular complexity index is 976. The highest BCUT2D eigenvalue weighted by Gasteiger charge is 2.32. The molecule has 2 N–H and O–H groups in total. The summed E-state index contributed by atoms with van der Waals surface area (Å²) in [6.07, 6.45) is -4.57. The van der Waals surface area contributed by atoms with Gasteiger partial charge in [0.2, 0.25) is 11.5 Å². The van der Waals surface area contributed by atoms with Crippen molar-refractivity contribution in [3.63, 3.8) is 0 Å². The maximum Gasteiger partial charge on any atom is 0.416 e. The van der Waals surface area contributed by atoms with Crippen molar-refractivity contribution in [3.8, 4) is 23.0 Å². The van der Waals surface area contributed by atoms with E-state index in [0.717, 1.165) is 6.07 Å². The highest BCUT2D eigenvalue weighted by molar-refractivity contribution is 5.78. The summed E-state index contributed by atoms with van der Waals surface area (Å²) < 4.78 is 45.2. The fraction of sp³-hybridized carbons (Fsp3) is 0.312. The first-order chi connectivity index (χ1) is 12.2. The maximum absolute atomic E-state index is 12.9. The number of aromatic hydroxyl groups is 1. The normalized spacial score (nSPS) is 12.0. The van der Waals surface area contributed by atoms with Crippen LogP contribution in [0.4, 0.5) is 13.2 Å². The zero-order valence-electron chi connectivity index (χ0n) is 14.1. The van der Waals surface area contributed by atoms with Gasteiger partial charge < -0.3 is 19.5 Å². The number of ether oxygens (including phenoxy) is 1. The lowest BCUT2D eigenvalue weighted by Gasteiger charge is -2.13. The first-order valence-electron chi connectivity index (χ1n) is 7.46. The third kappa shape index (κ3) is 2.81. The highest BCUT2D eigenvalue weighted by Crippen LogP contribution is 2.39. The average Bonchev–Trinajstić information content (AvgIpc) is 2.88. The summed E-state index contributed by atoms with van der Waals surface area (Å²) in [5, 5.41) is 19.5. The summed E-state index contributed by atoms with van der Waals surface area (Å²) in [5.74, 6) is -0.260. The molecule has 0 fully saturated rings.